The van der Waals surface area contributed by atoms with Crippen LogP contribution in [0.3, 0.4) is 0 Å². The van der Waals surface area contributed by atoms with E-state index in [1.54, 1.807) is 19.1 Å². The molecule has 0 spiro atoms. The van der Waals surface area contributed by atoms with E-state index in [4.69, 9.17) is 16.3 Å². The second kappa shape index (κ2) is 6.25. The molecule has 0 saturated carbocycles. The van der Waals surface area contributed by atoms with Crippen molar-refractivity contribution in [3.8, 4) is 11.5 Å². The monoisotopic (exact) mass is 294 g/mol. The molecule has 20 heavy (non-hydrogen) atoms. The maximum absolute atomic E-state index is 13.2. The van der Waals surface area contributed by atoms with Gasteiger partial charge in [-0.1, -0.05) is 18.5 Å². The Bertz CT molecular complexity index is 611. The average molecular weight is 295 g/mol. The molecule has 0 aliphatic rings. The third-order valence-electron chi connectivity index (χ3n) is 3.05. The molecule has 0 fully saturated rings. The van der Waals surface area contributed by atoms with Crippen molar-refractivity contribution in [2.75, 3.05) is 0 Å². The highest BCUT2D eigenvalue weighted by atomic mass is 35.5. The van der Waals surface area contributed by atoms with Crippen molar-refractivity contribution in [1.29, 1.82) is 0 Å². The quantitative estimate of drug-likeness (QED) is 0.870. The van der Waals surface area contributed by atoms with Crippen molar-refractivity contribution in [2.45, 2.75) is 26.4 Å². The van der Waals surface area contributed by atoms with Crippen molar-refractivity contribution < 1.29 is 14.2 Å². The summed E-state index contributed by atoms with van der Waals surface area (Å²) in [4.78, 5) is 0. The largest absolute Gasteiger partial charge is 0.457 e. The number of aliphatic hydroxyl groups is 1. The van der Waals surface area contributed by atoms with Crippen LogP contribution in [-0.2, 0) is 6.42 Å². The number of benzene rings is 2. The molecule has 2 rings (SSSR count). The minimum Gasteiger partial charge on any atom is -0.457 e. The van der Waals surface area contributed by atoms with Gasteiger partial charge >= 0.3 is 0 Å². The third kappa shape index (κ3) is 3.30. The summed E-state index contributed by atoms with van der Waals surface area (Å²) in [6.45, 7) is 3.57. The van der Waals surface area contributed by atoms with Crippen LogP contribution in [0.4, 0.5) is 4.39 Å². The Morgan fingerprint density at radius 1 is 1.25 bits per heavy atom. The lowest BCUT2D eigenvalue weighted by atomic mass is 10.1. The Morgan fingerprint density at radius 3 is 2.65 bits per heavy atom. The van der Waals surface area contributed by atoms with Crippen molar-refractivity contribution in [1.82, 2.24) is 0 Å². The highest BCUT2D eigenvalue weighted by Gasteiger charge is 2.12. The summed E-state index contributed by atoms with van der Waals surface area (Å²) in [7, 11) is 0. The molecule has 0 unspecified atom stereocenters. The molecule has 0 bridgehead atoms. The van der Waals surface area contributed by atoms with Gasteiger partial charge in [0.05, 0.1) is 6.10 Å². The Labute approximate surface area is 122 Å². The van der Waals surface area contributed by atoms with Gasteiger partial charge in [-0.05, 0) is 55.3 Å². The number of ether oxygens (including phenoxy) is 1. The fourth-order valence-electron chi connectivity index (χ4n) is 1.95. The van der Waals surface area contributed by atoms with Gasteiger partial charge in [-0.2, -0.15) is 0 Å². The van der Waals surface area contributed by atoms with E-state index in [9.17, 15) is 9.50 Å². The van der Waals surface area contributed by atoms with Crippen molar-refractivity contribution >= 4 is 11.6 Å². The topological polar surface area (TPSA) is 29.5 Å². The Hall–Kier alpha value is -1.58. The van der Waals surface area contributed by atoms with Gasteiger partial charge in [0.15, 0.2) is 0 Å². The van der Waals surface area contributed by atoms with Crippen LogP contribution in [0.25, 0.3) is 0 Å². The summed E-state index contributed by atoms with van der Waals surface area (Å²) < 4.78 is 19.0. The summed E-state index contributed by atoms with van der Waals surface area (Å²) >= 11 is 6.06. The summed E-state index contributed by atoms with van der Waals surface area (Å²) in [6, 6.07) is 9.45. The number of hydrogen-bond acceptors (Lipinski definition) is 2. The molecule has 0 amide bonds. The first-order valence-electron chi connectivity index (χ1n) is 6.45. The zero-order valence-corrected chi connectivity index (χ0v) is 12.1. The molecule has 1 atom stereocenters. The molecule has 0 aliphatic carbocycles. The second-order valence-corrected chi connectivity index (χ2v) is 4.97. The van der Waals surface area contributed by atoms with E-state index in [0.717, 1.165) is 12.0 Å². The highest BCUT2D eigenvalue weighted by Crippen LogP contribution is 2.32. The zero-order chi connectivity index (χ0) is 14.7. The predicted molar refractivity (Wildman–Crippen MR) is 77.9 cm³/mol. The molecule has 0 aromatic heterocycles. The van der Waals surface area contributed by atoms with Gasteiger partial charge in [-0.15, -0.1) is 0 Å². The van der Waals surface area contributed by atoms with E-state index in [1.807, 2.05) is 13.0 Å². The predicted octanol–water partition coefficient (Wildman–Crippen LogP) is 4.89. The van der Waals surface area contributed by atoms with E-state index in [0.29, 0.717) is 22.1 Å². The molecular formula is C16H16ClFO2. The lowest BCUT2D eigenvalue weighted by molar-refractivity contribution is 0.195. The molecule has 4 heteroatoms. The lowest BCUT2D eigenvalue weighted by Gasteiger charge is -2.14. The first-order chi connectivity index (χ1) is 9.51. The van der Waals surface area contributed by atoms with Gasteiger partial charge in [-0.25, -0.2) is 4.39 Å². The van der Waals surface area contributed by atoms with Crippen LogP contribution < -0.4 is 4.74 Å². The summed E-state index contributed by atoms with van der Waals surface area (Å²) in [6.07, 6.45) is -0.0125. The SMILES string of the molecule is CCc1cc(Oc2ccc(F)cc2[C@@H](C)O)ccc1Cl. The molecule has 0 radical (unpaired) electrons. The maximum Gasteiger partial charge on any atom is 0.133 e. The van der Waals surface area contributed by atoms with Gasteiger partial charge in [0.2, 0.25) is 0 Å². The van der Waals surface area contributed by atoms with Gasteiger partial charge in [-0.3, -0.25) is 0 Å². The second-order valence-electron chi connectivity index (χ2n) is 4.57. The fraction of sp³-hybridized carbons (Fsp3) is 0.250. The molecule has 2 aromatic carbocycles. The minimum absolute atomic E-state index is 0.404. The van der Waals surface area contributed by atoms with Gasteiger partial charge in [0.25, 0.3) is 0 Å². The van der Waals surface area contributed by atoms with Gasteiger partial charge in [0.1, 0.15) is 17.3 Å². The molecule has 0 heterocycles. The van der Waals surface area contributed by atoms with E-state index in [1.165, 1.54) is 18.2 Å². The van der Waals surface area contributed by atoms with Crippen LogP contribution in [0, 0.1) is 5.82 Å². The third-order valence-corrected chi connectivity index (χ3v) is 3.42. The maximum atomic E-state index is 13.2. The van der Waals surface area contributed by atoms with E-state index in [-0.39, 0.29) is 0 Å². The number of aliphatic hydroxyl groups excluding tert-OH is 1. The molecule has 2 aromatic rings. The molecule has 1 N–H and O–H groups in total. The van der Waals surface area contributed by atoms with E-state index < -0.39 is 11.9 Å². The van der Waals surface area contributed by atoms with Crippen LogP contribution in [0.15, 0.2) is 36.4 Å². The summed E-state index contributed by atoms with van der Waals surface area (Å²) in [5, 5.41) is 10.4. The average Bonchev–Trinajstić information content (AvgIpc) is 2.42. The van der Waals surface area contributed by atoms with Crippen molar-refractivity contribution in [3.63, 3.8) is 0 Å². The van der Waals surface area contributed by atoms with Crippen molar-refractivity contribution in [3.05, 3.63) is 58.4 Å². The van der Waals surface area contributed by atoms with Crippen LogP contribution in [0.1, 0.15) is 31.1 Å². The molecule has 0 aliphatic heterocycles. The molecule has 2 nitrogen and oxygen atoms in total. The van der Waals surface area contributed by atoms with Crippen LogP contribution in [0.5, 0.6) is 11.5 Å². The normalized spacial score (nSPS) is 12.2. The number of halogens is 2. The van der Waals surface area contributed by atoms with E-state index >= 15 is 0 Å². The smallest absolute Gasteiger partial charge is 0.133 e. The summed E-state index contributed by atoms with van der Waals surface area (Å²) in [5.41, 5.74) is 1.39. The molecule has 106 valence electrons. The highest BCUT2D eigenvalue weighted by molar-refractivity contribution is 6.31. The van der Waals surface area contributed by atoms with Crippen LogP contribution in [0.2, 0.25) is 5.02 Å². The standard InChI is InChI=1S/C16H16ClFO2/c1-3-11-8-13(5-6-15(11)17)20-16-7-4-12(18)9-14(16)10(2)19/h4-10,19H,3H2,1-2H3/t10-/m1/s1. The molecule has 0 saturated heterocycles. The number of aryl methyl sites for hydroxylation is 1. The van der Waals surface area contributed by atoms with Gasteiger partial charge < -0.3 is 9.84 Å². The lowest BCUT2D eigenvalue weighted by Crippen LogP contribution is -1.97. The van der Waals surface area contributed by atoms with Crippen LogP contribution in [-0.4, -0.2) is 5.11 Å². The Balaban J connectivity index is 2.34. The number of hydrogen-bond donors (Lipinski definition) is 1. The summed E-state index contributed by atoms with van der Waals surface area (Å²) in [5.74, 6) is 0.643. The fourth-order valence-corrected chi connectivity index (χ4v) is 2.20. The molecular weight excluding hydrogens is 279 g/mol. The first-order valence-corrected chi connectivity index (χ1v) is 6.83. The Morgan fingerprint density at radius 2 is 2.00 bits per heavy atom. The van der Waals surface area contributed by atoms with Crippen LogP contribution >= 0.6 is 11.6 Å². The van der Waals surface area contributed by atoms with Crippen molar-refractivity contribution in [2.24, 2.45) is 0 Å². The zero-order valence-electron chi connectivity index (χ0n) is 11.4. The first kappa shape index (κ1) is 14.8. The Kier molecular flexibility index (Phi) is 4.63. The van der Waals surface area contributed by atoms with Gasteiger partial charge in [0, 0.05) is 10.6 Å². The number of rotatable bonds is 4. The van der Waals surface area contributed by atoms with E-state index in [2.05, 4.69) is 0 Å². The minimum atomic E-state index is -0.807.